The first-order valence-electron chi connectivity index (χ1n) is 5.91. The van der Waals surface area contributed by atoms with Crippen LogP contribution in [0.25, 0.3) is 0 Å². The molecule has 0 bridgehead atoms. The molecule has 0 radical (unpaired) electrons. The van der Waals surface area contributed by atoms with Gasteiger partial charge in [0.2, 0.25) is 0 Å². The molecule has 2 aromatic carbocycles. The second-order valence-electron chi connectivity index (χ2n) is 4.59. The van der Waals surface area contributed by atoms with Crippen molar-refractivity contribution in [1.82, 2.24) is 0 Å². The molecule has 0 fully saturated rings. The molecule has 0 aliphatic carbocycles. The highest BCUT2D eigenvalue weighted by Crippen LogP contribution is 2.40. The Morgan fingerprint density at radius 2 is 1.82 bits per heavy atom. The Kier molecular flexibility index (Phi) is 2.29. The van der Waals surface area contributed by atoms with Crippen molar-refractivity contribution in [1.29, 1.82) is 0 Å². The van der Waals surface area contributed by atoms with Gasteiger partial charge in [-0.1, -0.05) is 36.4 Å². The molecule has 1 atom stereocenters. The number of anilines is 2. The maximum absolute atomic E-state index is 3.55. The minimum Gasteiger partial charge on any atom is -0.360 e. The van der Waals surface area contributed by atoms with Gasteiger partial charge in [-0.15, -0.1) is 0 Å². The Labute approximate surface area is 102 Å². The zero-order chi connectivity index (χ0) is 11.8. The molecule has 1 N–H and O–H groups in total. The lowest BCUT2D eigenvalue weighted by Gasteiger charge is -2.22. The second kappa shape index (κ2) is 3.81. The van der Waals surface area contributed by atoms with Gasteiger partial charge in [0.25, 0.3) is 0 Å². The molecule has 2 aromatic rings. The summed E-state index contributed by atoms with van der Waals surface area (Å²) in [5.41, 5.74) is 5.08. The fraction of sp³-hybridized carbons (Fsp3) is 0.200. The Hall–Kier alpha value is -1.96. The summed E-state index contributed by atoms with van der Waals surface area (Å²) in [7, 11) is 2.13. The number of hydrogen-bond acceptors (Lipinski definition) is 2. The molecule has 86 valence electrons. The number of nitrogens with zero attached hydrogens (tertiary/aromatic N) is 1. The van der Waals surface area contributed by atoms with E-state index in [1.54, 1.807) is 0 Å². The SMILES string of the molecule is Cc1ccc2c(c1)N(C)C(c1ccccc1)N2. The highest BCUT2D eigenvalue weighted by Gasteiger charge is 2.26. The highest BCUT2D eigenvalue weighted by molar-refractivity contribution is 5.77. The van der Waals surface area contributed by atoms with E-state index in [4.69, 9.17) is 0 Å². The zero-order valence-corrected chi connectivity index (χ0v) is 10.1. The molecule has 2 nitrogen and oxygen atoms in total. The standard InChI is InChI=1S/C15H16N2/c1-11-8-9-13-14(10-11)17(2)15(16-13)12-6-4-3-5-7-12/h3-10,15-16H,1-2H3. The Bertz CT molecular complexity index is 534. The van der Waals surface area contributed by atoms with Crippen LogP contribution in [-0.4, -0.2) is 7.05 Å². The molecular formula is C15H16N2. The zero-order valence-electron chi connectivity index (χ0n) is 10.1. The Balaban J connectivity index is 1.99. The van der Waals surface area contributed by atoms with Crippen molar-refractivity contribution in [2.45, 2.75) is 13.1 Å². The molecule has 1 aliphatic rings. The summed E-state index contributed by atoms with van der Waals surface area (Å²) >= 11 is 0. The molecule has 0 spiro atoms. The summed E-state index contributed by atoms with van der Waals surface area (Å²) in [6.45, 7) is 2.13. The molecule has 17 heavy (non-hydrogen) atoms. The van der Waals surface area contributed by atoms with E-state index in [1.807, 2.05) is 0 Å². The molecule has 2 heteroatoms. The summed E-state index contributed by atoms with van der Waals surface area (Å²) in [5.74, 6) is 0. The topological polar surface area (TPSA) is 15.3 Å². The summed E-state index contributed by atoms with van der Waals surface area (Å²) < 4.78 is 0. The van der Waals surface area contributed by atoms with Crippen molar-refractivity contribution in [3.63, 3.8) is 0 Å². The normalized spacial score (nSPS) is 17.8. The van der Waals surface area contributed by atoms with Gasteiger partial charge >= 0.3 is 0 Å². The van der Waals surface area contributed by atoms with Crippen LogP contribution in [-0.2, 0) is 0 Å². The molecule has 0 saturated heterocycles. The van der Waals surface area contributed by atoms with E-state index >= 15 is 0 Å². The van der Waals surface area contributed by atoms with Crippen LogP contribution in [0.15, 0.2) is 48.5 Å². The maximum Gasteiger partial charge on any atom is 0.125 e. The average molecular weight is 224 g/mol. The van der Waals surface area contributed by atoms with Crippen molar-refractivity contribution in [2.75, 3.05) is 17.3 Å². The van der Waals surface area contributed by atoms with Crippen LogP contribution in [0.1, 0.15) is 17.3 Å². The van der Waals surface area contributed by atoms with Crippen molar-refractivity contribution >= 4 is 11.4 Å². The van der Waals surface area contributed by atoms with Crippen LogP contribution in [0, 0.1) is 6.92 Å². The van der Waals surface area contributed by atoms with Crippen LogP contribution < -0.4 is 10.2 Å². The van der Waals surface area contributed by atoms with E-state index in [1.165, 1.54) is 22.5 Å². The van der Waals surface area contributed by atoms with Crippen molar-refractivity contribution in [2.24, 2.45) is 0 Å². The van der Waals surface area contributed by atoms with Crippen molar-refractivity contribution < 1.29 is 0 Å². The molecule has 1 unspecified atom stereocenters. The fourth-order valence-corrected chi connectivity index (χ4v) is 2.38. The van der Waals surface area contributed by atoms with Crippen LogP contribution in [0.3, 0.4) is 0 Å². The van der Waals surface area contributed by atoms with Crippen molar-refractivity contribution in [3.8, 4) is 0 Å². The first-order valence-corrected chi connectivity index (χ1v) is 5.91. The number of aryl methyl sites for hydroxylation is 1. The van der Waals surface area contributed by atoms with Gasteiger partial charge in [0, 0.05) is 7.05 Å². The van der Waals surface area contributed by atoms with E-state index in [9.17, 15) is 0 Å². The van der Waals surface area contributed by atoms with E-state index in [0.29, 0.717) is 0 Å². The predicted molar refractivity (Wildman–Crippen MR) is 72.4 cm³/mol. The maximum atomic E-state index is 3.55. The van der Waals surface area contributed by atoms with Crippen LogP contribution in [0.5, 0.6) is 0 Å². The summed E-state index contributed by atoms with van der Waals surface area (Å²) in [6, 6.07) is 17.1. The monoisotopic (exact) mass is 224 g/mol. The second-order valence-corrected chi connectivity index (χ2v) is 4.59. The van der Waals surface area contributed by atoms with Gasteiger partial charge in [0.1, 0.15) is 6.17 Å². The average Bonchev–Trinajstić information content (AvgIpc) is 2.68. The first-order chi connectivity index (χ1) is 8.25. The van der Waals surface area contributed by atoms with E-state index in [-0.39, 0.29) is 6.17 Å². The molecule has 1 heterocycles. The number of hydrogen-bond donors (Lipinski definition) is 1. The van der Waals surface area contributed by atoms with Gasteiger partial charge in [0.15, 0.2) is 0 Å². The van der Waals surface area contributed by atoms with Gasteiger partial charge in [-0.2, -0.15) is 0 Å². The summed E-state index contributed by atoms with van der Waals surface area (Å²) in [4.78, 5) is 2.29. The highest BCUT2D eigenvalue weighted by atomic mass is 15.3. The predicted octanol–water partition coefficient (Wildman–Crippen LogP) is 3.56. The summed E-state index contributed by atoms with van der Waals surface area (Å²) in [5, 5.41) is 3.55. The van der Waals surface area contributed by atoms with Crippen LogP contribution >= 0.6 is 0 Å². The third kappa shape index (κ3) is 1.66. The smallest absolute Gasteiger partial charge is 0.125 e. The van der Waals surface area contributed by atoms with Gasteiger partial charge in [-0.05, 0) is 30.2 Å². The number of benzene rings is 2. The van der Waals surface area contributed by atoms with Crippen LogP contribution in [0.4, 0.5) is 11.4 Å². The quantitative estimate of drug-likeness (QED) is 0.796. The number of nitrogens with one attached hydrogen (secondary N) is 1. The first kappa shape index (κ1) is 10.2. The van der Waals surface area contributed by atoms with E-state index < -0.39 is 0 Å². The lowest BCUT2D eigenvalue weighted by atomic mass is 10.1. The van der Waals surface area contributed by atoms with E-state index in [2.05, 4.69) is 72.7 Å². The minimum absolute atomic E-state index is 0.244. The Morgan fingerprint density at radius 3 is 2.59 bits per heavy atom. The lowest BCUT2D eigenvalue weighted by molar-refractivity contribution is 0.792. The lowest BCUT2D eigenvalue weighted by Crippen LogP contribution is -2.23. The van der Waals surface area contributed by atoms with Crippen LogP contribution in [0.2, 0.25) is 0 Å². The third-order valence-corrected chi connectivity index (χ3v) is 3.33. The molecule has 3 rings (SSSR count). The minimum atomic E-state index is 0.244. The third-order valence-electron chi connectivity index (χ3n) is 3.33. The van der Waals surface area contributed by atoms with Gasteiger partial charge in [-0.25, -0.2) is 0 Å². The van der Waals surface area contributed by atoms with Gasteiger partial charge < -0.3 is 10.2 Å². The number of fused-ring (bicyclic) bond motifs is 1. The number of rotatable bonds is 1. The molecular weight excluding hydrogens is 208 g/mol. The molecule has 0 saturated carbocycles. The fourth-order valence-electron chi connectivity index (χ4n) is 2.38. The largest absolute Gasteiger partial charge is 0.360 e. The Morgan fingerprint density at radius 1 is 1.06 bits per heavy atom. The van der Waals surface area contributed by atoms with E-state index in [0.717, 1.165) is 0 Å². The molecule has 1 aliphatic heterocycles. The van der Waals surface area contributed by atoms with Crippen molar-refractivity contribution in [3.05, 3.63) is 59.7 Å². The van der Waals surface area contributed by atoms with Gasteiger partial charge in [0.05, 0.1) is 11.4 Å². The molecule has 0 aromatic heterocycles. The molecule has 0 amide bonds. The van der Waals surface area contributed by atoms with Gasteiger partial charge in [-0.3, -0.25) is 0 Å². The summed E-state index contributed by atoms with van der Waals surface area (Å²) in [6.07, 6.45) is 0.244.